The smallest absolute Gasteiger partial charge is 0.131 e. The molecular weight excluding hydrogens is 274 g/mol. The molecule has 0 unspecified atom stereocenters. The Hall–Kier alpha value is -1.94. The highest BCUT2D eigenvalue weighted by Crippen LogP contribution is 2.35. The maximum atomic E-state index is 5.33. The van der Waals surface area contributed by atoms with Gasteiger partial charge in [-0.2, -0.15) is 0 Å². The van der Waals surface area contributed by atoms with Gasteiger partial charge in [0.15, 0.2) is 0 Å². The second kappa shape index (κ2) is 6.44. The van der Waals surface area contributed by atoms with Crippen LogP contribution in [0.5, 0.6) is 5.75 Å². The Labute approximate surface area is 132 Å². The molecule has 116 valence electrons. The number of methoxy groups -OCH3 is 1. The number of ether oxygens (including phenoxy) is 1. The van der Waals surface area contributed by atoms with Gasteiger partial charge in [-0.15, -0.1) is 0 Å². The van der Waals surface area contributed by atoms with Crippen LogP contribution in [-0.4, -0.2) is 28.5 Å². The Balaban J connectivity index is 1.72. The number of benzene rings is 1. The van der Waals surface area contributed by atoms with Crippen molar-refractivity contribution in [1.82, 2.24) is 14.9 Å². The van der Waals surface area contributed by atoms with Gasteiger partial charge in [0.1, 0.15) is 11.6 Å². The minimum atomic E-state index is 0.366. The molecule has 2 aromatic rings. The lowest BCUT2D eigenvalue weighted by atomic mass is 9.94. The quantitative estimate of drug-likeness (QED) is 0.846. The molecular formula is C18H23N3O. The lowest BCUT2D eigenvalue weighted by Gasteiger charge is -2.41. The van der Waals surface area contributed by atoms with Gasteiger partial charge in [-0.25, -0.2) is 9.97 Å². The predicted octanol–water partition coefficient (Wildman–Crippen LogP) is 3.56. The molecule has 22 heavy (non-hydrogen) atoms. The third-order valence-electron chi connectivity index (χ3n) is 4.22. The fourth-order valence-corrected chi connectivity index (χ4v) is 2.84. The minimum absolute atomic E-state index is 0.366. The summed E-state index contributed by atoms with van der Waals surface area (Å²) in [6.45, 7) is 6.25. The number of hydrogen-bond donors (Lipinski definition) is 0. The lowest BCUT2D eigenvalue weighted by molar-refractivity contribution is 0.0801. The molecule has 3 rings (SSSR count). The molecule has 0 saturated carbocycles. The van der Waals surface area contributed by atoms with Crippen molar-refractivity contribution in [2.24, 2.45) is 0 Å². The van der Waals surface area contributed by atoms with Crippen molar-refractivity contribution in [3.63, 3.8) is 0 Å². The van der Waals surface area contributed by atoms with Gasteiger partial charge in [0.25, 0.3) is 0 Å². The van der Waals surface area contributed by atoms with Crippen LogP contribution in [0.15, 0.2) is 36.5 Å². The second-order valence-corrected chi connectivity index (χ2v) is 6.11. The fraction of sp³-hybridized carbons (Fsp3) is 0.444. The summed E-state index contributed by atoms with van der Waals surface area (Å²) < 4.78 is 5.33. The Bertz CT molecular complexity index is 642. The van der Waals surface area contributed by atoms with Crippen LogP contribution in [0.4, 0.5) is 0 Å². The highest BCUT2D eigenvalue weighted by atomic mass is 16.5. The van der Waals surface area contributed by atoms with E-state index in [0.717, 1.165) is 30.4 Å². The van der Waals surface area contributed by atoms with E-state index in [-0.39, 0.29) is 0 Å². The van der Waals surface area contributed by atoms with Crippen molar-refractivity contribution in [1.29, 1.82) is 0 Å². The molecule has 1 fully saturated rings. The zero-order valence-electron chi connectivity index (χ0n) is 13.5. The monoisotopic (exact) mass is 297 g/mol. The summed E-state index contributed by atoms with van der Waals surface area (Å²) in [5.41, 5.74) is 2.43. The van der Waals surface area contributed by atoms with Crippen molar-refractivity contribution in [2.75, 3.05) is 13.7 Å². The molecule has 0 spiro atoms. The van der Waals surface area contributed by atoms with Crippen molar-refractivity contribution in [3.05, 3.63) is 53.6 Å². The number of likely N-dealkylation sites (tertiary alicyclic amines) is 1. The third-order valence-corrected chi connectivity index (χ3v) is 4.22. The molecule has 1 aliphatic heterocycles. The van der Waals surface area contributed by atoms with Crippen molar-refractivity contribution in [2.45, 2.75) is 38.8 Å². The summed E-state index contributed by atoms with van der Waals surface area (Å²) >= 11 is 0. The van der Waals surface area contributed by atoms with Crippen LogP contribution < -0.4 is 4.74 Å². The predicted molar refractivity (Wildman–Crippen MR) is 86.9 cm³/mol. The van der Waals surface area contributed by atoms with E-state index in [1.807, 2.05) is 18.3 Å². The SMILES string of the molecule is COc1cccc([C@@H]2CCN2Cc2ccnc(C(C)C)n2)c1. The van der Waals surface area contributed by atoms with Crippen LogP contribution >= 0.6 is 0 Å². The first kappa shape index (κ1) is 15.0. The average Bonchev–Trinajstić information content (AvgIpc) is 2.52. The first-order valence-electron chi connectivity index (χ1n) is 7.87. The zero-order valence-corrected chi connectivity index (χ0v) is 13.5. The van der Waals surface area contributed by atoms with Gasteiger partial charge >= 0.3 is 0 Å². The van der Waals surface area contributed by atoms with Gasteiger partial charge in [0, 0.05) is 31.2 Å². The molecule has 1 aromatic heterocycles. The second-order valence-electron chi connectivity index (χ2n) is 6.11. The standard InChI is InChI=1S/C18H23N3O/c1-13(2)18-19-9-7-15(20-18)12-21-10-8-17(21)14-5-4-6-16(11-14)22-3/h4-7,9,11,13,17H,8,10,12H2,1-3H3/t17-/m0/s1. The molecule has 0 radical (unpaired) electrons. The van der Waals surface area contributed by atoms with Crippen LogP contribution in [-0.2, 0) is 6.54 Å². The molecule has 0 amide bonds. The fourth-order valence-electron chi connectivity index (χ4n) is 2.84. The van der Waals surface area contributed by atoms with Gasteiger partial charge in [-0.3, -0.25) is 4.90 Å². The topological polar surface area (TPSA) is 38.2 Å². The summed E-state index contributed by atoms with van der Waals surface area (Å²) in [4.78, 5) is 11.5. The minimum Gasteiger partial charge on any atom is -0.497 e. The molecule has 4 heteroatoms. The van der Waals surface area contributed by atoms with E-state index in [0.29, 0.717) is 12.0 Å². The molecule has 0 N–H and O–H groups in total. The maximum Gasteiger partial charge on any atom is 0.131 e. The Kier molecular flexibility index (Phi) is 4.39. The van der Waals surface area contributed by atoms with Crippen LogP contribution in [0.2, 0.25) is 0 Å². The third kappa shape index (κ3) is 3.12. The van der Waals surface area contributed by atoms with E-state index in [1.54, 1.807) is 7.11 Å². The summed E-state index contributed by atoms with van der Waals surface area (Å²) in [7, 11) is 1.71. The first-order chi connectivity index (χ1) is 10.7. The molecule has 0 aliphatic carbocycles. The van der Waals surface area contributed by atoms with Gasteiger partial charge in [0.2, 0.25) is 0 Å². The van der Waals surface area contributed by atoms with Crippen LogP contribution in [0, 0.1) is 0 Å². The van der Waals surface area contributed by atoms with E-state index in [4.69, 9.17) is 4.74 Å². The number of rotatable bonds is 5. The highest BCUT2D eigenvalue weighted by molar-refractivity contribution is 5.31. The van der Waals surface area contributed by atoms with E-state index < -0.39 is 0 Å². The molecule has 1 aliphatic rings. The summed E-state index contributed by atoms with van der Waals surface area (Å²) in [6, 6.07) is 10.9. The number of hydrogen-bond acceptors (Lipinski definition) is 4. The summed E-state index contributed by atoms with van der Waals surface area (Å²) in [5.74, 6) is 2.22. The maximum absolute atomic E-state index is 5.33. The molecule has 1 aromatic carbocycles. The molecule has 0 bridgehead atoms. The van der Waals surface area contributed by atoms with Crippen molar-refractivity contribution >= 4 is 0 Å². The van der Waals surface area contributed by atoms with Gasteiger partial charge in [-0.1, -0.05) is 26.0 Å². The van der Waals surface area contributed by atoms with Crippen molar-refractivity contribution in [3.8, 4) is 5.75 Å². The van der Waals surface area contributed by atoms with Crippen LogP contribution in [0.3, 0.4) is 0 Å². The normalized spacial score (nSPS) is 18.3. The van der Waals surface area contributed by atoms with Crippen LogP contribution in [0.25, 0.3) is 0 Å². The number of aromatic nitrogens is 2. The summed E-state index contributed by atoms with van der Waals surface area (Å²) in [5, 5.41) is 0. The van der Waals surface area contributed by atoms with Crippen molar-refractivity contribution < 1.29 is 4.74 Å². The average molecular weight is 297 g/mol. The zero-order chi connectivity index (χ0) is 15.5. The Morgan fingerprint density at radius 3 is 2.86 bits per heavy atom. The Morgan fingerprint density at radius 2 is 2.18 bits per heavy atom. The molecule has 1 atom stereocenters. The highest BCUT2D eigenvalue weighted by Gasteiger charge is 2.29. The van der Waals surface area contributed by atoms with Gasteiger partial charge in [0.05, 0.1) is 12.8 Å². The van der Waals surface area contributed by atoms with Crippen LogP contribution in [0.1, 0.15) is 49.3 Å². The molecule has 2 heterocycles. The van der Waals surface area contributed by atoms with E-state index >= 15 is 0 Å². The largest absolute Gasteiger partial charge is 0.497 e. The Morgan fingerprint density at radius 1 is 1.32 bits per heavy atom. The van der Waals surface area contributed by atoms with E-state index in [2.05, 4.69) is 46.9 Å². The molecule has 1 saturated heterocycles. The molecule has 4 nitrogen and oxygen atoms in total. The number of nitrogens with zero attached hydrogens (tertiary/aromatic N) is 3. The summed E-state index contributed by atoms with van der Waals surface area (Å²) in [6.07, 6.45) is 3.06. The lowest BCUT2D eigenvalue weighted by Crippen LogP contribution is -2.40. The van der Waals surface area contributed by atoms with E-state index in [9.17, 15) is 0 Å². The first-order valence-corrected chi connectivity index (χ1v) is 7.87. The van der Waals surface area contributed by atoms with E-state index in [1.165, 1.54) is 12.0 Å². The van der Waals surface area contributed by atoms with Gasteiger partial charge < -0.3 is 4.74 Å². The van der Waals surface area contributed by atoms with Gasteiger partial charge in [-0.05, 0) is 30.2 Å².